The van der Waals surface area contributed by atoms with Crippen molar-refractivity contribution < 1.29 is 9.90 Å². The van der Waals surface area contributed by atoms with Crippen LogP contribution >= 0.6 is 0 Å². The van der Waals surface area contributed by atoms with Gasteiger partial charge in [0.25, 0.3) is 0 Å². The Morgan fingerprint density at radius 2 is 1.94 bits per heavy atom. The number of fused-ring (bicyclic) bond motifs is 1. The SMILES string of the molecule is CCCCn1c(=O)n(C(=O)O)c2ccccc21. The van der Waals surface area contributed by atoms with Crippen molar-refractivity contribution in [1.29, 1.82) is 0 Å². The van der Waals surface area contributed by atoms with Crippen molar-refractivity contribution in [2.45, 2.75) is 26.3 Å². The van der Waals surface area contributed by atoms with Crippen LogP contribution in [0.3, 0.4) is 0 Å². The molecule has 17 heavy (non-hydrogen) atoms. The number of aryl methyl sites for hydroxylation is 1. The van der Waals surface area contributed by atoms with Gasteiger partial charge in [-0.1, -0.05) is 25.5 Å². The number of carboxylic acid groups (broad SMARTS) is 1. The van der Waals surface area contributed by atoms with E-state index in [9.17, 15) is 9.59 Å². The lowest BCUT2D eigenvalue weighted by atomic mass is 10.3. The fourth-order valence-corrected chi connectivity index (χ4v) is 1.93. The zero-order valence-corrected chi connectivity index (χ0v) is 9.59. The fraction of sp³-hybridized carbons (Fsp3) is 0.333. The maximum atomic E-state index is 12.0. The van der Waals surface area contributed by atoms with Gasteiger partial charge in [0.2, 0.25) is 0 Å². The van der Waals surface area contributed by atoms with Gasteiger partial charge in [0.05, 0.1) is 11.0 Å². The van der Waals surface area contributed by atoms with E-state index in [4.69, 9.17) is 5.11 Å². The van der Waals surface area contributed by atoms with Gasteiger partial charge >= 0.3 is 11.8 Å². The third-order valence-corrected chi connectivity index (χ3v) is 2.76. The summed E-state index contributed by atoms with van der Waals surface area (Å²) in [7, 11) is 0. The van der Waals surface area contributed by atoms with Crippen LogP contribution in [0.1, 0.15) is 19.8 Å². The molecule has 0 unspecified atom stereocenters. The van der Waals surface area contributed by atoms with Gasteiger partial charge in [-0.15, -0.1) is 0 Å². The summed E-state index contributed by atoms with van der Waals surface area (Å²) >= 11 is 0. The van der Waals surface area contributed by atoms with E-state index in [0.717, 1.165) is 17.4 Å². The number of benzene rings is 1. The molecule has 0 spiro atoms. The van der Waals surface area contributed by atoms with Gasteiger partial charge in [-0.05, 0) is 18.6 Å². The summed E-state index contributed by atoms with van der Waals surface area (Å²) in [5, 5.41) is 9.05. The molecular weight excluding hydrogens is 220 g/mol. The molecule has 1 aromatic carbocycles. The Kier molecular flexibility index (Phi) is 2.99. The minimum absolute atomic E-state index is 0.445. The molecular formula is C12H14N2O3. The van der Waals surface area contributed by atoms with Crippen LogP contribution in [-0.4, -0.2) is 20.3 Å². The predicted octanol–water partition coefficient (Wildman–Crippen LogP) is 2.13. The monoisotopic (exact) mass is 234 g/mol. The highest BCUT2D eigenvalue weighted by Crippen LogP contribution is 2.13. The van der Waals surface area contributed by atoms with Crippen LogP contribution in [0.2, 0.25) is 0 Å². The molecule has 0 aliphatic carbocycles. The van der Waals surface area contributed by atoms with Crippen LogP contribution < -0.4 is 5.69 Å². The number of hydrogen-bond donors (Lipinski definition) is 1. The number of hydrogen-bond acceptors (Lipinski definition) is 2. The zero-order valence-electron chi connectivity index (χ0n) is 9.59. The second-order valence-corrected chi connectivity index (χ2v) is 3.89. The zero-order chi connectivity index (χ0) is 12.4. The van der Waals surface area contributed by atoms with Crippen LogP contribution in [0.15, 0.2) is 29.1 Å². The smallest absolute Gasteiger partial charge is 0.420 e. The molecule has 90 valence electrons. The summed E-state index contributed by atoms with van der Waals surface area (Å²) in [4.78, 5) is 23.1. The first-order valence-electron chi connectivity index (χ1n) is 5.60. The lowest BCUT2D eigenvalue weighted by Gasteiger charge is -2.00. The number of unbranched alkanes of at least 4 members (excludes halogenated alkanes) is 1. The second-order valence-electron chi connectivity index (χ2n) is 3.89. The number of aromatic nitrogens is 2. The van der Waals surface area contributed by atoms with Crippen molar-refractivity contribution in [2.75, 3.05) is 0 Å². The van der Waals surface area contributed by atoms with E-state index in [0.29, 0.717) is 17.6 Å². The van der Waals surface area contributed by atoms with Gasteiger partial charge in [-0.2, -0.15) is 4.57 Å². The molecule has 0 bridgehead atoms. The minimum atomic E-state index is -1.23. The van der Waals surface area contributed by atoms with Crippen LogP contribution in [0.5, 0.6) is 0 Å². The Bertz CT molecular complexity index is 610. The van der Waals surface area contributed by atoms with Gasteiger partial charge in [-0.25, -0.2) is 9.59 Å². The van der Waals surface area contributed by atoms with Crippen LogP contribution in [0.25, 0.3) is 11.0 Å². The molecule has 1 heterocycles. The van der Waals surface area contributed by atoms with Crippen LogP contribution in [0, 0.1) is 0 Å². The molecule has 5 nitrogen and oxygen atoms in total. The van der Waals surface area contributed by atoms with Gasteiger partial charge in [-0.3, -0.25) is 4.57 Å². The van der Waals surface area contributed by atoms with Crippen molar-refractivity contribution in [3.05, 3.63) is 34.7 Å². The molecule has 1 N–H and O–H groups in total. The highest BCUT2D eigenvalue weighted by atomic mass is 16.4. The average Bonchev–Trinajstić information content (AvgIpc) is 2.58. The molecule has 0 radical (unpaired) electrons. The third-order valence-electron chi connectivity index (χ3n) is 2.76. The third kappa shape index (κ3) is 1.84. The molecule has 0 fully saturated rings. The van der Waals surface area contributed by atoms with E-state index >= 15 is 0 Å². The molecule has 0 saturated heterocycles. The first kappa shape index (κ1) is 11.4. The summed E-state index contributed by atoms with van der Waals surface area (Å²) < 4.78 is 2.32. The number of imidazole rings is 1. The minimum Gasteiger partial charge on any atom is -0.464 e. The number of rotatable bonds is 3. The number of nitrogens with zero attached hydrogens (tertiary/aromatic N) is 2. The predicted molar refractivity (Wildman–Crippen MR) is 64.5 cm³/mol. The summed E-state index contributed by atoms with van der Waals surface area (Å²) in [6, 6.07) is 6.95. The summed E-state index contributed by atoms with van der Waals surface area (Å²) in [5.41, 5.74) is 0.640. The molecule has 0 aliphatic heterocycles. The number of para-hydroxylation sites is 2. The molecule has 0 aliphatic rings. The molecule has 5 heteroatoms. The Hall–Kier alpha value is -2.04. The lowest BCUT2D eigenvalue weighted by molar-refractivity contribution is 0.196. The first-order chi connectivity index (χ1) is 8.16. The summed E-state index contributed by atoms with van der Waals surface area (Å²) in [5.74, 6) is 0. The van der Waals surface area contributed by atoms with Crippen molar-refractivity contribution >= 4 is 17.1 Å². The van der Waals surface area contributed by atoms with Crippen molar-refractivity contribution in [3.8, 4) is 0 Å². The van der Waals surface area contributed by atoms with Crippen LogP contribution in [0.4, 0.5) is 4.79 Å². The lowest BCUT2D eigenvalue weighted by Crippen LogP contribution is -2.28. The molecule has 0 amide bonds. The van der Waals surface area contributed by atoms with Gasteiger partial charge in [0, 0.05) is 6.54 Å². The highest BCUT2D eigenvalue weighted by Gasteiger charge is 2.16. The van der Waals surface area contributed by atoms with Crippen LogP contribution in [-0.2, 0) is 6.54 Å². The number of carbonyl (C=O) groups is 1. The van der Waals surface area contributed by atoms with Gasteiger partial charge in [0.1, 0.15) is 0 Å². The van der Waals surface area contributed by atoms with Crippen molar-refractivity contribution in [1.82, 2.24) is 9.13 Å². The van der Waals surface area contributed by atoms with E-state index in [1.165, 1.54) is 4.57 Å². The van der Waals surface area contributed by atoms with Crippen molar-refractivity contribution in [2.24, 2.45) is 0 Å². The van der Waals surface area contributed by atoms with Gasteiger partial charge < -0.3 is 5.11 Å². The summed E-state index contributed by atoms with van der Waals surface area (Å²) in [6.07, 6.45) is 0.577. The van der Waals surface area contributed by atoms with E-state index in [1.54, 1.807) is 24.3 Å². The molecule has 1 aromatic heterocycles. The summed E-state index contributed by atoms with van der Waals surface area (Å²) in [6.45, 7) is 2.58. The Morgan fingerprint density at radius 1 is 1.29 bits per heavy atom. The maximum absolute atomic E-state index is 12.0. The quantitative estimate of drug-likeness (QED) is 0.884. The molecule has 0 saturated carbocycles. The Labute approximate surface area is 97.9 Å². The highest BCUT2D eigenvalue weighted by molar-refractivity contribution is 5.85. The van der Waals surface area contributed by atoms with E-state index < -0.39 is 11.8 Å². The van der Waals surface area contributed by atoms with Gasteiger partial charge in [0.15, 0.2) is 0 Å². The fourth-order valence-electron chi connectivity index (χ4n) is 1.93. The van der Waals surface area contributed by atoms with E-state index in [2.05, 4.69) is 0 Å². The average molecular weight is 234 g/mol. The topological polar surface area (TPSA) is 64.2 Å². The Morgan fingerprint density at radius 3 is 2.53 bits per heavy atom. The normalized spacial score (nSPS) is 10.9. The molecule has 0 atom stereocenters. The van der Waals surface area contributed by atoms with E-state index in [-0.39, 0.29) is 0 Å². The molecule has 2 rings (SSSR count). The molecule has 2 aromatic rings. The Balaban J connectivity index is 2.71. The second kappa shape index (κ2) is 4.45. The van der Waals surface area contributed by atoms with Crippen molar-refractivity contribution in [3.63, 3.8) is 0 Å². The first-order valence-corrected chi connectivity index (χ1v) is 5.60. The maximum Gasteiger partial charge on any atom is 0.420 e. The van der Waals surface area contributed by atoms with E-state index in [1.807, 2.05) is 6.92 Å². The largest absolute Gasteiger partial charge is 0.464 e. The standard InChI is InChI=1S/C12H14N2O3/c1-2-3-8-13-9-6-4-5-7-10(9)14(11(13)15)12(16)17/h4-7H,2-3,8H2,1H3,(H,16,17).